The average Bonchev–Trinajstić information content (AvgIpc) is 2.40. The van der Waals surface area contributed by atoms with E-state index in [0.717, 1.165) is 43.7 Å². The molecule has 3 heteroatoms. The lowest BCUT2D eigenvalue weighted by Crippen LogP contribution is -2.18. The molecule has 1 aromatic rings. The monoisotopic (exact) mass is 249 g/mol. The van der Waals surface area contributed by atoms with Crippen LogP contribution < -0.4 is 4.90 Å². The van der Waals surface area contributed by atoms with Crippen LogP contribution in [0.2, 0.25) is 0 Å². The zero-order chi connectivity index (χ0) is 13.0. The van der Waals surface area contributed by atoms with Crippen molar-refractivity contribution in [1.82, 2.24) is 0 Å². The van der Waals surface area contributed by atoms with Gasteiger partial charge in [-0.25, -0.2) is 0 Å². The fourth-order valence-electron chi connectivity index (χ4n) is 2.44. The molecule has 1 heterocycles. The maximum atomic E-state index is 10.3. The molecule has 0 saturated carbocycles. The molecule has 1 aliphatic heterocycles. The van der Waals surface area contributed by atoms with Crippen LogP contribution in [0.3, 0.4) is 0 Å². The first kappa shape index (κ1) is 13.4. The Balaban J connectivity index is 1.99. The van der Waals surface area contributed by atoms with Gasteiger partial charge in [-0.1, -0.05) is 12.1 Å². The molecule has 1 aromatic carbocycles. The third kappa shape index (κ3) is 3.47. The molecule has 0 spiro atoms. The molecule has 1 unspecified atom stereocenters. The van der Waals surface area contributed by atoms with E-state index in [2.05, 4.69) is 17.0 Å². The molecule has 100 valence electrons. The largest absolute Gasteiger partial charge is 0.388 e. The van der Waals surface area contributed by atoms with Crippen LogP contribution in [0.4, 0.5) is 5.69 Å². The van der Waals surface area contributed by atoms with Gasteiger partial charge in [0.15, 0.2) is 0 Å². The van der Waals surface area contributed by atoms with Gasteiger partial charge in [0.1, 0.15) is 0 Å². The smallest absolute Gasteiger partial charge is 0.0793 e. The van der Waals surface area contributed by atoms with Gasteiger partial charge in [-0.15, -0.1) is 0 Å². The number of benzene rings is 1. The Morgan fingerprint density at radius 2 is 2.06 bits per heavy atom. The minimum atomic E-state index is -0.354. The van der Waals surface area contributed by atoms with Crippen molar-refractivity contribution >= 4 is 5.69 Å². The van der Waals surface area contributed by atoms with Gasteiger partial charge in [0, 0.05) is 33.0 Å². The summed E-state index contributed by atoms with van der Waals surface area (Å²) in [5, 5.41) is 10.3. The van der Waals surface area contributed by atoms with Crippen molar-refractivity contribution in [3.63, 3.8) is 0 Å². The fraction of sp³-hybridized carbons (Fsp3) is 0.600. The molecular formula is C15H23NO2. The highest BCUT2D eigenvalue weighted by molar-refractivity contribution is 5.47. The molecule has 0 radical (unpaired) electrons. The number of anilines is 1. The quantitative estimate of drug-likeness (QED) is 0.890. The highest BCUT2D eigenvalue weighted by Crippen LogP contribution is 2.28. The van der Waals surface area contributed by atoms with Gasteiger partial charge < -0.3 is 14.7 Å². The van der Waals surface area contributed by atoms with Crippen LogP contribution in [0.5, 0.6) is 0 Å². The maximum absolute atomic E-state index is 10.3. The first-order valence-corrected chi connectivity index (χ1v) is 6.70. The summed E-state index contributed by atoms with van der Waals surface area (Å²) < 4.78 is 5.35. The van der Waals surface area contributed by atoms with Crippen LogP contribution in [-0.2, 0) is 4.74 Å². The lowest BCUT2D eigenvalue weighted by molar-refractivity contribution is 0.0435. The van der Waals surface area contributed by atoms with E-state index in [0.29, 0.717) is 5.92 Å². The van der Waals surface area contributed by atoms with E-state index in [-0.39, 0.29) is 6.10 Å². The van der Waals surface area contributed by atoms with E-state index in [1.54, 1.807) is 0 Å². The number of nitrogens with zero attached hydrogens (tertiary/aromatic N) is 1. The Labute approximate surface area is 109 Å². The Bertz CT molecular complexity index is 373. The summed E-state index contributed by atoms with van der Waals surface area (Å²) in [6.45, 7) is 1.68. The van der Waals surface area contributed by atoms with E-state index in [9.17, 15) is 5.11 Å². The second-order valence-electron chi connectivity index (χ2n) is 5.30. The van der Waals surface area contributed by atoms with Gasteiger partial charge in [-0.3, -0.25) is 0 Å². The van der Waals surface area contributed by atoms with Gasteiger partial charge in [0.05, 0.1) is 6.10 Å². The lowest BCUT2D eigenvalue weighted by Gasteiger charge is -2.25. The standard InChI is InChI=1S/C15H23NO2/c1-16(2)14-5-3-4-13(11-14)15(17)10-12-6-8-18-9-7-12/h3-5,11-12,15,17H,6-10H2,1-2H3. The molecule has 0 amide bonds. The zero-order valence-corrected chi connectivity index (χ0v) is 11.3. The predicted octanol–water partition coefficient (Wildman–Crippen LogP) is 2.60. The molecule has 3 nitrogen and oxygen atoms in total. The molecule has 1 aliphatic rings. The Morgan fingerprint density at radius 1 is 1.33 bits per heavy atom. The van der Waals surface area contributed by atoms with E-state index in [1.165, 1.54) is 0 Å². The van der Waals surface area contributed by atoms with Crippen LogP contribution in [0.1, 0.15) is 30.9 Å². The summed E-state index contributed by atoms with van der Waals surface area (Å²) in [7, 11) is 4.04. The number of hydrogen-bond acceptors (Lipinski definition) is 3. The minimum absolute atomic E-state index is 0.354. The zero-order valence-electron chi connectivity index (χ0n) is 11.3. The molecular weight excluding hydrogens is 226 g/mol. The van der Waals surface area contributed by atoms with Gasteiger partial charge >= 0.3 is 0 Å². The van der Waals surface area contributed by atoms with Gasteiger partial charge in [0.25, 0.3) is 0 Å². The predicted molar refractivity (Wildman–Crippen MR) is 73.9 cm³/mol. The van der Waals surface area contributed by atoms with E-state index < -0.39 is 0 Å². The lowest BCUT2D eigenvalue weighted by atomic mass is 9.91. The van der Waals surface area contributed by atoms with Gasteiger partial charge in [-0.05, 0) is 42.9 Å². The maximum Gasteiger partial charge on any atom is 0.0793 e. The molecule has 0 bridgehead atoms. The molecule has 0 aromatic heterocycles. The SMILES string of the molecule is CN(C)c1cccc(C(O)CC2CCOCC2)c1. The highest BCUT2D eigenvalue weighted by atomic mass is 16.5. The van der Waals surface area contributed by atoms with Crippen LogP contribution in [-0.4, -0.2) is 32.4 Å². The van der Waals surface area contributed by atoms with Crippen LogP contribution in [0.25, 0.3) is 0 Å². The number of ether oxygens (including phenoxy) is 1. The van der Waals surface area contributed by atoms with Gasteiger partial charge in [0.2, 0.25) is 0 Å². The highest BCUT2D eigenvalue weighted by Gasteiger charge is 2.19. The Morgan fingerprint density at radius 3 is 2.72 bits per heavy atom. The summed E-state index contributed by atoms with van der Waals surface area (Å²) in [6, 6.07) is 8.16. The summed E-state index contributed by atoms with van der Waals surface area (Å²) in [6.07, 6.45) is 2.64. The van der Waals surface area contributed by atoms with E-state index in [1.807, 2.05) is 26.2 Å². The molecule has 1 N–H and O–H groups in total. The third-order valence-electron chi connectivity index (χ3n) is 3.67. The first-order chi connectivity index (χ1) is 8.66. The van der Waals surface area contributed by atoms with Gasteiger partial charge in [-0.2, -0.15) is 0 Å². The number of hydrogen-bond donors (Lipinski definition) is 1. The normalized spacial score (nSPS) is 18.6. The van der Waals surface area contributed by atoms with Crippen molar-refractivity contribution < 1.29 is 9.84 Å². The van der Waals surface area contributed by atoms with Crippen LogP contribution in [0, 0.1) is 5.92 Å². The molecule has 1 fully saturated rings. The second kappa shape index (κ2) is 6.21. The van der Waals surface area contributed by atoms with Crippen molar-refractivity contribution in [3.05, 3.63) is 29.8 Å². The van der Waals surface area contributed by atoms with Crippen LogP contribution in [0.15, 0.2) is 24.3 Å². The van der Waals surface area contributed by atoms with Crippen molar-refractivity contribution in [2.24, 2.45) is 5.92 Å². The van der Waals surface area contributed by atoms with Crippen molar-refractivity contribution in [1.29, 1.82) is 0 Å². The Kier molecular flexibility index (Phi) is 4.61. The summed E-state index contributed by atoms with van der Waals surface area (Å²) in [5.41, 5.74) is 2.16. The van der Waals surface area contributed by atoms with Crippen LogP contribution >= 0.6 is 0 Å². The number of rotatable bonds is 4. The summed E-state index contributed by atoms with van der Waals surface area (Å²) >= 11 is 0. The summed E-state index contributed by atoms with van der Waals surface area (Å²) in [4.78, 5) is 2.06. The second-order valence-corrected chi connectivity index (χ2v) is 5.30. The van der Waals surface area contributed by atoms with E-state index in [4.69, 9.17) is 4.74 Å². The van der Waals surface area contributed by atoms with Crippen molar-refractivity contribution in [2.75, 3.05) is 32.2 Å². The van der Waals surface area contributed by atoms with Crippen molar-refractivity contribution in [3.8, 4) is 0 Å². The molecule has 1 atom stereocenters. The number of aliphatic hydroxyl groups excluding tert-OH is 1. The molecule has 18 heavy (non-hydrogen) atoms. The number of aliphatic hydroxyl groups is 1. The Hall–Kier alpha value is -1.06. The van der Waals surface area contributed by atoms with E-state index >= 15 is 0 Å². The van der Waals surface area contributed by atoms with Crippen molar-refractivity contribution in [2.45, 2.75) is 25.4 Å². The average molecular weight is 249 g/mol. The topological polar surface area (TPSA) is 32.7 Å². The third-order valence-corrected chi connectivity index (χ3v) is 3.67. The first-order valence-electron chi connectivity index (χ1n) is 6.70. The minimum Gasteiger partial charge on any atom is -0.388 e. The molecule has 2 rings (SSSR count). The summed E-state index contributed by atoms with van der Waals surface area (Å²) in [5.74, 6) is 0.594. The molecule has 0 aliphatic carbocycles. The fourth-order valence-corrected chi connectivity index (χ4v) is 2.44. The molecule has 1 saturated heterocycles.